The molecule has 0 saturated carbocycles. The highest BCUT2D eigenvalue weighted by Gasteiger charge is 2.49. The van der Waals surface area contributed by atoms with Gasteiger partial charge in [0, 0.05) is 10.7 Å². The van der Waals surface area contributed by atoms with E-state index in [0.29, 0.717) is 16.3 Å². The van der Waals surface area contributed by atoms with E-state index in [-0.39, 0.29) is 6.54 Å². The molecule has 2 aromatic rings. The highest BCUT2D eigenvalue weighted by molar-refractivity contribution is 6.30. The first-order valence-corrected chi connectivity index (χ1v) is 8.03. The molecule has 0 aromatic heterocycles. The Kier molecular flexibility index (Phi) is 4.46. The van der Waals surface area contributed by atoms with Crippen LogP contribution in [0.5, 0.6) is 0 Å². The first-order valence-electron chi connectivity index (χ1n) is 7.65. The Hall–Kier alpha value is -2.86. The molecule has 6 nitrogen and oxygen atoms in total. The summed E-state index contributed by atoms with van der Waals surface area (Å²) in [6, 6.07) is 14.9. The van der Waals surface area contributed by atoms with Gasteiger partial charge in [0.2, 0.25) is 5.91 Å². The summed E-state index contributed by atoms with van der Waals surface area (Å²) in [4.78, 5) is 38.0. The summed E-state index contributed by atoms with van der Waals surface area (Å²) in [6.07, 6.45) is 0. The Labute approximate surface area is 149 Å². The number of carbonyl (C=O) groups excluding carboxylic acids is 3. The summed E-state index contributed by atoms with van der Waals surface area (Å²) in [6.45, 7) is 1.26. The highest BCUT2D eigenvalue weighted by Crippen LogP contribution is 2.28. The minimum atomic E-state index is -1.18. The van der Waals surface area contributed by atoms with Crippen LogP contribution in [0, 0.1) is 0 Å². The number of anilines is 1. The Bertz CT molecular complexity index is 823. The quantitative estimate of drug-likeness (QED) is 0.826. The van der Waals surface area contributed by atoms with E-state index < -0.39 is 23.4 Å². The first kappa shape index (κ1) is 17.0. The molecule has 3 rings (SSSR count). The van der Waals surface area contributed by atoms with Crippen molar-refractivity contribution in [1.29, 1.82) is 0 Å². The summed E-state index contributed by atoms with van der Waals surface area (Å²) in [5, 5.41) is 5.84. The monoisotopic (exact) mass is 357 g/mol. The van der Waals surface area contributed by atoms with Crippen molar-refractivity contribution in [2.45, 2.75) is 12.5 Å². The first-order chi connectivity index (χ1) is 11.9. The number of nitrogens with zero attached hydrogens (tertiary/aromatic N) is 1. The minimum Gasteiger partial charge on any atom is -0.325 e. The Morgan fingerprint density at radius 2 is 1.76 bits per heavy atom. The molecule has 1 aliphatic rings. The molecule has 0 spiro atoms. The van der Waals surface area contributed by atoms with E-state index in [4.69, 9.17) is 11.6 Å². The van der Waals surface area contributed by atoms with E-state index in [9.17, 15) is 14.4 Å². The van der Waals surface area contributed by atoms with Crippen LogP contribution >= 0.6 is 11.6 Å². The number of amides is 4. The average molecular weight is 358 g/mol. The molecule has 0 unspecified atom stereocenters. The number of benzene rings is 2. The maximum Gasteiger partial charge on any atom is 0.325 e. The van der Waals surface area contributed by atoms with Gasteiger partial charge in [-0.25, -0.2) is 4.79 Å². The zero-order valence-corrected chi connectivity index (χ0v) is 14.2. The summed E-state index contributed by atoms with van der Waals surface area (Å²) < 4.78 is 0. The van der Waals surface area contributed by atoms with Crippen LogP contribution in [0.3, 0.4) is 0 Å². The van der Waals surface area contributed by atoms with Gasteiger partial charge in [0.1, 0.15) is 12.1 Å². The van der Waals surface area contributed by atoms with Gasteiger partial charge in [0.15, 0.2) is 0 Å². The number of hydrogen-bond acceptors (Lipinski definition) is 3. The minimum absolute atomic E-state index is 0.365. The van der Waals surface area contributed by atoms with Gasteiger partial charge in [-0.1, -0.05) is 41.9 Å². The van der Waals surface area contributed by atoms with E-state index in [1.807, 2.05) is 6.07 Å². The number of halogens is 1. The lowest BCUT2D eigenvalue weighted by Gasteiger charge is -2.22. The predicted molar refractivity (Wildman–Crippen MR) is 94.1 cm³/mol. The van der Waals surface area contributed by atoms with Crippen LogP contribution in [-0.4, -0.2) is 29.3 Å². The van der Waals surface area contributed by atoms with Gasteiger partial charge in [0.25, 0.3) is 5.91 Å². The summed E-state index contributed by atoms with van der Waals surface area (Å²) >= 11 is 5.80. The van der Waals surface area contributed by atoms with Crippen molar-refractivity contribution in [3.63, 3.8) is 0 Å². The molecule has 0 aliphatic carbocycles. The van der Waals surface area contributed by atoms with Crippen molar-refractivity contribution in [3.8, 4) is 0 Å². The molecule has 1 fully saturated rings. The van der Waals surface area contributed by atoms with Crippen LogP contribution in [0.15, 0.2) is 54.6 Å². The highest BCUT2D eigenvalue weighted by atomic mass is 35.5. The van der Waals surface area contributed by atoms with Gasteiger partial charge in [0.05, 0.1) is 0 Å². The molecule has 25 heavy (non-hydrogen) atoms. The SMILES string of the molecule is C[C@]1(c2ccccc2)NC(=O)N(CC(=O)Nc2ccc(Cl)cc2)C1=O. The third kappa shape index (κ3) is 3.34. The van der Waals surface area contributed by atoms with Crippen molar-refractivity contribution in [1.82, 2.24) is 10.2 Å². The molecule has 7 heteroatoms. The van der Waals surface area contributed by atoms with Crippen molar-refractivity contribution in [2.24, 2.45) is 0 Å². The Balaban J connectivity index is 1.72. The maximum absolute atomic E-state index is 12.7. The molecule has 1 atom stereocenters. The van der Waals surface area contributed by atoms with E-state index >= 15 is 0 Å². The van der Waals surface area contributed by atoms with Gasteiger partial charge in [-0.2, -0.15) is 0 Å². The molecule has 1 saturated heterocycles. The van der Waals surface area contributed by atoms with Crippen molar-refractivity contribution < 1.29 is 14.4 Å². The second-order valence-electron chi connectivity index (χ2n) is 5.87. The molecule has 0 radical (unpaired) electrons. The van der Waals surface area contributed by atoms with Crippen molar-refractivity contribution in [3.05, 3.63) is 65.2 Å². The van der Waals surface area contributed by atoms with E-state index in [2.05, 4.69) is 10.6 Å². The fourth-order valence-corrected chi connectivity index (χ4v) is 2.81. The van der Waals surface area contributed by atoms with Crippen LogP contribution in [0.25, 0.3) is 0 Å². The molecule has 2 aromatic carbocycles. The summed E-state index contributed by atoms with van der Waals surface area (Å²) in [7, 11) is 0. The maximum atomic E-state index is 12.7. The molecule has 1 aliphatic heterocycles. The average Bonchev–Trinajstić information content (AvgIpc) is 2.82. The Morgan fingerprint density at radius 3 is 2.40 bits per heavy atom. The normalized spacial score (nSPS) is 19.7. The zero-order valence-electron chi connectivity index (χ0n) is 13.5. The molecule has 128 valence electrons. The van der Waals surface area contributed by atoms with Crippen LogP contribution in [-0.2, 0) is 15.1 Å². The van der Waals surface area contributed by atoms with Gasteiger partial charge in [-0.3, -0.25) is 14.5 Å². The van der Waals surface area contributed by atoms with E-state index in [1.165, 1.54) is 0 Å². The fourth-order valence-electron chi connectivity index (χ4n) is 2.69. The number of rotatable bonds is 4. The van der Waals surface area contributed by atoms with Crippen molar-refractivity contribution >= 4 is 35.1 Å². The smallest absolute Gasteiger partial charge is 0.325 e. The van der Waals surface area contributed by atoms with E-state index in [1.54, 1.807) is 55.5 Å². The lowest BCUT2D eigenvalue weighted by Crippen LogP contribution is -2.42. The molecule has 0 bridgehead atoms. The van der Waals surface area contributed by atoms with Crippen LogP contribution in [0.1, 0.15) is 12.5 Å². The number of nitrogens with one attached hydrogen (secondary N) is 2. The third-order valence-electron chi connectivity index (χ3n) is 4.06. The number of hydrogen-bond donors (Lipinski definition) is 2. The summed E-state index contributed by atoms with van der Waals surface area (Å²) in [5.41, 5.74) is 0.0139. The Morgan fingerprint density at radius 1 is 1.12 bits per heavy atom. The molecular formula is C18H16ClN3O3. The fraction of sp³-hybridized carbons (Fsp3) is 0.167. The number of urea groups is 1. The molecule has 2 N–H and O–H groups in total. The third-order valence-corrected chi connectivity index (χ3v) is 4.31. The van der Waals surface area contributed by atoms with Crippen LogP contribution < -0.4 is 10.6 Å². The van der Waals surface area contributed by atoms with Gasteiger partial charge in [-0.05, 0) is 36.8 Å². The van der Waals surface area contributed by atoms with E-state index in [0.717, 1.165) is 4.90 Å². The number of carbonyl (C=O) groups is 3. The zero-order chi connectivity index (χ0) is 18.0. The van der Waals surface area contributed by atoms with Gasteiger partial charge >= 0.3 is 6.03 Å². The lowest BCUT2D eigenvalue weighted by atomic mass is 9.92. The van der Waals surface area contributed by atoms with Crippen molar-refractivity contribution in [2.75, 3.05) is 11.9 Å². The topological polar surface area (TPSA) is 78.5 Å². The van der Waals surface area contributed by atoms with Gasteiger partial charge in [-0.15, -0.1) is 0 Å². The molecule has 1 heterocycles. The molecule has 4 amide bonds. The van der Waals surface area contributed by atoms with Crippen LogP contribution in [0.4, 0.5) is 10.5 Å². The predicted octanol–water partition coefficient (Wildman–Crippen LogP) is 2.75. The van der Waals surface area contributed by atoms with Crippen LogP contribution in [0.2, 0.25) is 5.02 Å². The number of imide groups is 1. The molecular weight excluding hydrogens is 342 g/mol. The largest absolute Gasteiger partial charge is 0.325 e. The second kappa shape index (κ2) is 6.57. The second-order valence-corrected chi connectivity index (χ2v) is 6.30. The standard InChI is InChI=1S/C18H16ClN3O3/c1-18(12-5-3-2-4-6-12)16(24)22(17(25)21-18)11-15(23)20-14-9-7-13(19)8-10-14/h2-10H,11H2,1H3,(H,20,23)(H,21,25)/t18-/m1/s1. The van der Waals surface area contributed by atoms with Gasteiger partial charge < -0.3 is 10.6 Å². The summed E-state index contributed by atoms with van der Waals surface area (Å²) in [5.74, 6) is -0.932. The lowest BCUT2D eigenvalue weighted by molar-refractivity contribution is -0.133.